The van der Waals surface area contributed by atoms with E-state index in [4.69, 9.17) is 13.6 Å². The number of methoxy groups -OCH3 is 1. The Kier molecular flexibility index (Phi) is 6.08. The molecule has 31 heavy (non-hydrogen) atoms. The van der Waals surface area contributed by atoms with Gasteiger partial charge in [-0.2, -0.15) is 0 Å². The van der Waals surface area contributed by atoms with Gasteiger partial charge in [-0.1, -0.05) is 36.4 Å². The van der Waals surface area contributed by atoms with E-state index < -0.39 is 5.25 Å². The quantitative estimate of drug-likeness (QED) is 0.387. The minimum Gasteiger partial charge on any atom is -0.495 e. The van der Waals surface area contributed by atoms with Crippen LogP contribution in [0.5, 0.6) is 5.75 Å². The Bertz CT molecular complexity index is 1190. The predicted octanol–water partition coefficient (Wildman–Crippen LogP) is 5.43. The molecule has 0 spiro atoms. The van der Waals surface area contributed by atoms with Crippen molar-refractivity contribution in [1.29, 1.82) is 0 Å². The van der Waals surface area contributed by atoms with Gasteiger partial charge in [0.2, 0.25) is 5.91 Å². The average molecular weight is 436 g/mol. The number of hydrogen-bond donors (Lipinski definition) is 1. The number of nitrogens with one attached hydrogen (secondary N) is 1. The van der Waals surface area contributed by atoms with E-state index in [1.54, 1.807) is 19.4 Å². The van der Waals surface area contributed by atoms with Crippen molar-refractivity contribution < 1.29 is 18.4 Å². The van der Waals surface area contributed by atoms with Crippen LogP contribution in [0.1, 0.15) is 22.1 Å². The topological polar surface area (TPSA) is 90.4 Å². The number of thioether (sulfide) groups is 1. The Morgan fingerprint density at radius 2 is 1.90 bits per heavy atom. The standard InChI is InChI=1S/C23H21N3O4S/c1-14-9-10-19(28-3)18(13-14)24-21(27)20(16-7-5-4-6-8-16)31-23-26-25-22(30-23)17-11-12-29-15(17)2/h4-13,20H,1-3H3,(H,24,27)/t20-/m1/s1. The summed E-state index contributed by atoms with van der Waals surface area (Å²) in [5.41, 5.74) is 3.16. The van der Waals surface area contributed by atoms with Crippen LogP contribution in [0.2, 0.25) is 0 Å². The Labute approximate surface area is 183 Å². The van der Waals surface area contributed by atoms with Crippen LogP contribution in [-0.4, -0.2) is 23.2 Å². The number of hydrogen-bond acceptors (Lipinski definition) is 7. The maximum absolute atomic E-state index is 13.3. The Morgan fingerprint density at radius 1 is 1.10 bits per heavy atom. The molecular weight excluding hydrogens is 414 g/mol. The third-order valence-electron chi connectivity index (χ3n) is 4.67. The zero-order valence-corrected chi connectivity index (χ0v) is 18.1. The third-order valence-corrected chi connectivity index (χ3v) is 5.76. The summed E-state index contributed by atoms with van der Waals surface area (Å²) in [6.45, 7) is 3.78. The van der Waals surface area contributed by atoms with Gasteiger partial charge in [0.15, 0.2) is 0 Å². The second-order valence-electron chi connectivity index (χ2n) is 6.87. The number of nitrogens with zero attached hydrogens (tertiary/aromatic N) is 2. The lowest BCUT2D eigenvalue weighted by atomic mass is 10.1. The molecule has 1 N–H and O–H groups in total. The number of aryl methyl sites for hydroxylation is 2. The first-order valence-corrected chi connectivity index (χ1v) is 10.5. The molecule has 0 unspecified atom stereocenters. The van der Waals surface area contributed by atoms with Gasteiger partial charge < -0.3 is 18.9 Å². The van der Waals surface area contributed by atoms with E-state index in [0.717, 1.165) is 16.7 Å². The highest BCUT2D eigenvalue weighted by Crippen LogP contribution is 2.38. The summed E-state index contributed by atoms with van der Waals surface area (Å²) in [7, 11) is 1.57. The highest BCUT2D eigenvalue weighted by molar-refractivity contribution is 8.00. The van der Waals surface area contributed by atoms with E-state index >= 15 is 0 Å². The van der Waals surface area contributed by atoms with Crippen LogP contribution in [0.25, 0.3) is 11.5 Å². The summed E-state index contributed by atoms with van der Waals surface area (Å²) in [5, 5.41) is 10.9. The molecule has 8 heteroatoms. The number of aromatic nitrogens is 2. The molecule has 7 nitrogen and oxygen atoms in total. The van der Waals surface area contributed by atoms with Gasteiger partial charge in [0.25, 0.3) is 11.1 Å². The summed E-state index contributed by atoms with van der Waals surface area (Å²) in [6.07, 6.45) is 1.57. The highest BCUT2D eigenvalue weighted by atomic mass is 32.2. The first kappa shape index (κ1) is 20.7. The third kappa shape index (κ3) is 4.64. The van der Waals surface area contributed by atoms with E-state index in [9.17, 15) is 4.79 Å². The molecule has 0 radical (unpaired) electrons. The number of benzene rings is 2. The molecule has 158 valence electrons. The first-order valence-electron chi connectivity index (χ1n) is 9.60. The van der Waals surface area contributed by atoms with Crippen LogP contribution in [0.15, 0.2) is 74.9 Å². The normalized spacial score (nSPS) is 11.8. The molecule has 0 bridgehead atoms. The molecule has 4 aromatic rings. The number of ether oxygens (including phenoxy) is 1. The molecule has 1 amide bonds. The second kappa shape index (κ2) is 9.09. The Balaban J connectivity index is 1.61. The molecule has 4 rings (SSSR count). The fraction of sp³-hybridized carbons (Fsp3) is 0.174. The van der Waals surface area contributed by atoms with Crippen molar-refractivity contribution in [3.8, 4) is 17.2 Å². The minimum atomic E-state index is -0.606. The number of rotatable bonds is 7. The van der Waals surface area contributed by atoms with Crippen LogP contribution in [-0.2, 0) is 4.79 Å². The van der Waals surface area contributed by atoms with Crippen molar-refractivity contribution in [2.45, 2.75) is 24.3 Å². The second-order valence-corrected chi connectivity index (χ2v) is 7.92. The number of anilines is 1. The first-order chi connectivity index (χ1) is 15.0. The molecule has 2 aromatic carbocycles. The lowest BCUT2D eigenvalue weighted by molar-refractivity contribution is -0.115. The molecule has 2 heterocycles. The fourth-order valence-corrected chi connectivity index (χ4v) is 3.97. The SMILES string of the molecule is COc1ccc(C)cc1NC(=O)[C@H](Sc1nnc(-c2ccoc2C)o1)c1ccccc1. The molecule has 0 fully saturated rings. The van der Waals surface area contributed by atoms with Gasteiger partial charge in [-0.25, -0.2) is 0 Å². The number of carbonyl (C=O) groups is 1. The maximum Gasteiger partial charge on any atom is 0.277 e. The Morgan fingerprint density at radius 3 is 2.61 bits per heavy atom. The van der Waals surface area contributed by atoms with Gasteiger partial charge in [0.05, 0.1) is 24.6 Å². The molecular formula is C23H21N3O4S. The largest absolute Gasteiger partial charge is 0.495 e. The lowest BCUT2D eigenvalue weighted by Crippen LogP contribution is -2.19. The summed E-state index contributed by atoms with van der Waals surface area (Å²) in [6, 6.07) is 16.8. The monoisotopic (exact) mass is 435 g/mol. The lowest BCUT2D eigenvalue weighted by Gasteiger charge is -2.17. The maximum atomic E-state index is 13.3. The summed E-state index contributed by atoms with van der Waals surface area (Å²) in [5.74, 6) is 1.40. The van der Waals surface area contributed by atoms with Crippen molar-refractivity contribution in [1.82, 2.24) is 10.2 Å². The zero-order chi connectivity index (χ0) is 21.8. The predicted molar refractivity (Wildman–Crippen MR) is 118 cm³/mol. The molecule has 0 aliphatic rings. The summed E-state index contributed by atoms with van der Waals surface area (Å²) < 4.78 is 16.5. The van der Waals surface area contributed by atoms with Crippen molar-refractivity contribution in [3.63, 3.8) is 0 Å². The van der Waals surface area contributed by atoms with Crippen molar-refractivity contribution in [3.05, 3.63) is 77.7 Å². The molecule has 0 aliphatic carbocycles. The van der Waals surface area contributed by atoms with Crippen molar-refractivity contribution in [2.24, 2.45) is 0 Å². The van der Waals surface area contributed by atoms with Crippen LogP contribution in [0.3, 0.4) is 0 Å². The van der Waals surface area contributed by atoms with Gasteiger partial charge >= 0.3 is 0 Å². The zero-order valence-electron chi connectivity index (χ0n) is 17.3. The average Bonchev–Trinajstić information content (AvgIpc) is 3.41. The van der Waals surface area contributed by atoms with Gasteiger partial charge in [-0.05, 0) is 54.9 Å². The highest BCUT2D eigenvalue weighted by Gasteiger charge is 2.26. The van der Waals surface area contributed by atoms with E-state index in [2.05, 4.69) is 15.5 Å². The Hall–Kier alpha value is -3.52. The molecule has 0 saturated carbocycles. The molecule has 1 atom stereocenters. The molecule has 2 aromatic heterocycles. The minimum absolute atomic E-state index is 0.223. The van der Waals surface area contributed by atoms with Gasteiger partial charge in [-0.3, -0.25) is 4.79 Å². The number of furan rings is 1. The van der Waals surface area contributed by atoms with Gasteiger partial charge in [0.1, 0.15) is 16.8 Å². The summed E-state index contributed by atoms with van der Waals surface area (Å²) in [4.78, 5) is 13.3. The van der Waals surface area contributed by atoms with Crippen LogP contribution in [0, 0.1) is 13.8 Å². The fourth-order valence-electron chi connectivity index (χ4n) is 3.09. The van der Waals surface area contributed by atoms with Gasteiger partial charge in [-0.15, -0.1) is 10.2 Å². The smallest absolute Gasteiger partial charge is 0.277 e. The number of amides is 1. The van der Waals surface area contributed by atoms with E-state index in [1.807, 2.05) is 62.4 Å². The van der Waals surface area contributed by atoms with Crippen molar-refractivity contribution >= 4 is 23.4 Å². The molecule has 0 aliphatic heterocycles. The summed E-state index contributed by atoms with van der Waals surface area (Å²) >= 11 is 1.19. The van der Waals surface area contributed by atoms with E-state index in [1.165, 1.54) is 11.8 Å². The van der Waals surface area contributed by atoms with Gasteiger partial charge in [0, 0.05) is 0 Å². The van der Waals surface area contributed by atoms with Crippen LogP contribution < -0.4 is 10.1 Å². The van der Waals surface area contributed by atoms with Crippen LogP contribution >= 0.6 is 11.8 Å². The number of carbonyl (C=O) groups excluding carboxylic acids is 1. The molecule has 0 saturated heterocycles. The van der Waals surface area contributed by atoms with Crippen LogP contribution in [0.4, 0.5) is 5.69 Å². The van der Waals surface area contributed by atoms with E-state index in [-0.39, 0.29) is 11.1 Å². The van der Waals surface area contributed by atoms with E-state index in [0.29, 0.717) is 23.1 Å². The van der Waals surface area contributed by atoms with Crippen molar-refractivity contribution in [2.75, 3.05) is 12.4 Å².